The second kappa shape index (κ2) is 9.50. The highest BCUT2D eigenvalue weighted by molar-refractivity contribution is 5.83. The van der Waals surface area contributed by atoms with Crippen LogP contribution in [0.25, 0.3) is 0 Å². The van der Waals surface area contributed by atoms with Crippen LogP contribution in [0.1, 0.15) is 30.0 Å². The summed E-state index contributed by atoms with van der Waals surface area (Å²) in [6.07, 6.45) is 2.05. The summed E-state index contributed by atoms with van der Waals surface area (Å²) in [6.45, 7) is -0.988. The molecule has 1 amide bonds. The number of nitrogens with one attached hydrogen (secondary N) is 1. The van der Waals surface area contributed by atoms with Crippen molar-refractivity contribution in [3.63, 3.8) is 0 Å². The van der Waals surface area contributed by atoms with Gasteiger partial charge in [0.15, 0.2) is 11.5 Å². The average Bonchev–Trinajstić information content (AvgIpc) is 3.24. The number of carbonyl (C=O) groups excluding carboxylic acids is 1. The quantitative estimate of drug-likeness (QED) is 0.746. The monoisotopic (exact) mass is 390 g/mol. The molecule has 1 saturated heterocycles. The van der Waals surface area contributed by atoms with Crippen molar-refractivity contribution < 1.29 is 23.0 Å². The van der Waals surface area contributed by atoms with Crippen molar-refractivity contribution in [2.45, 2.75) is 32.0 Å². The Hall–Kier alpha value is -2.67. The van der Waals surface area contributed by atoms with Crippen LogP contribution in [-0.4, -0.2) is 37.6 Å². The van der Waals surface area contributed by atoms with Crippen molar-refractivity contribution in [1.82, 2.24) is 10.2 Å². The zero-order valence-electron chi connectivity index (χ0n) is 15.7. The van der Waals surface area contributed by atoms with Crippen molar-refractivity contribution >= 4 is 5.91 Å². The molecule has 1 atom stereocenters. The van der Waals surface area contributed by atoms with Crippen LogP contribution < -0.4 is 14.8 Å². The van der Waals surface area contributed by atoms with Crippen molar-refractivity contribution in [3.8, 4) is 11.5 Å². The molecule has 150 valence electrons. The van der Waals surface area contributed by atoms with E-state index < -0.39 is 12.7 Å². The summed E-state index contributed by atoms with van der Waals surface area (Å²) in [5.74, 6) is 0.254. The Kier molecular flexibility index (Phi) is 6.81. The minimum Gasteiger partial charge on any atom is -0.493 e. The number of ether oxygens (including phenoxy) is 2. The molecule has 0 spiro atoms. The molecule has 0 radical (unpaired) electrons. The highest BCUT2D eigenvalue weighted by atomic mass is 19.3. The largest absolute Gasteiger partial charge is 0.493 e. The van der Waals surface area contributed by atoms with E-state index in [-0.39, 0.29) is 17.4 Å². The zero-order chi connectivity index (χ0) is 19.9. The summed E-state index contributed by atoms with van der Waals surface area (Å²) in [5.41, 5.74) is 1.69. The predicted octanol–water partition coefficient (Wildman–Crippen LogP) is 3.75. The lowest BCUT2D eigenvalue weighted by Gasteiger charge is -2.24. The lowest BCUT2D eigenvalue weighted by atomic mass is 10.0. The normalized spacial score (nSPS) is 14.9. The molecule has 0 saturated carbocycles. The smallest absolute Gasteiger partial charge is 0.387 e. The van der Waals surface area contributed by atoms with Crippen LogP contribution in [-0.2, 0) is 11.3 Å². The molecular weight excluding hydrogens is 366 g/mol. The SMILES string of the molecule is COc1cc(CN[C@H](C(=O)N2CCCC2)c2ccccc2)ccc1OC(F)F. The molecule has 3 rings (SSSR count). The fourth-order valence-electron chi connectivity index (χ4n) is 3.35. The second-order valence-electron chi connectivity index (χ2n) is 6.62. The zero-order valence-corrected chi connectivity index (χ0v) is 15.7. The van der Waals surface area contributed by atoms with Crippen LogP contribution in [0.4, 0.5) is 8.78 Å². The van der Waals surface area contributed by atoms with E-state index in [0.717, 1.165) is 37.1 Å². The van der Waals surface area contributed by atoms with Crippen LogP contribution in [0.3, 0.4) is 0 Å². The van der Waals surface area contributed by atoms with Gasteiger partial charge in [-0.05, 0) is 36.1 Å². The molecule has 0 unspecified atom stereocenters. The molecule has 1 aliphatic rings. The molecule has 2 aromatic carbocycles. The van der Waals surface area contributed by atoms with Crippen LogP contribution >= 0.6 is 0 Å². The molecule has 1 heterocycles. The van der Waals surface area contributed by atoms with E-state index in [1.165, 1.54) is 13.2 Å². The molecule has 2 aromatic rings. The maximum atomic E-state index is 13.0. The van der Waals surface area contributed by atoms with Gasteiger partial charge in [0.1, 0.15) is 6.04 Å². The number of likely N-dealkylation sites (tertiary alicyclic amines) is 1. The maximum absolute atomic E-state index is 13.0. The van der Waals surface area contributed by atoms with E-state index in [4.69, 9.17) is 4.74 Å². The van der Waals surface area contributed by atoms with Gasteiger partial charge in [0, 0.05) is 19.6 Å². The molecule has 1 aliphatic heterocycles. The van der Waals surface area contributed by atoms with Gasteiger partial charge in [0.2, 0.25) is 5.91 Å². The summed E-state index contributed by atoms with van der Waals surface area (Å²) < 4.78 is 34.6. The van der Waals surface area contributed by atoms with E-state index in [2.05, 4.69) is 10.1 Å². The van der Waals surface area contributed by atoms with Gasteiger partial charge in [-0.2, -0.15) is 8.78 Å². The first-order chi connectivity index (χ1) is 13.6. The number of halogens is 2. The minimum absolute atomic E-state index is 0.0194. The van der Waals surface area contributed by atoms with Gasteiger partial charge in [-0.25, -0.2) is 0 Å². The minimum atomic E-state index is -2.92. The number of hydrogen-bond acceptors (Lipinski definition) is 4. The number of alkyl halides is 2. The number of hydrogen-bond donors (Lipinski definition) is 1. The van der Waals surface area contributed by atoms with E-state index >= 15 is 0 Å². The fraction of sp³-hybridized carbons (Fsp3) is 0.381. The van der Waals surface area contributed by atoms with E-state index in [9.17, 15) is 13.6 Å². The number of benzene rings is 2. The molecule has 5 nitrogen and oxygen atoms in total. The maximum Gasteiger partial charge on any atom is 0.387 e. The summed E-state index contributed by atoms with van der Waals surface area (Å²) in [4.78, 5) is 14.9. The van der Waals surface area contributed by atoms with Crippen LogP contribution in [0, 0.1) is 0 Å². The third kappa shape index (κ3) is 4.98. The first-order valence-corrected chi connectivity index (χ1v) is 9.27. The Balaban J connectivity index is 1.75. The molecule has 0 aromatic heterocycles. The Bertz CT molecular complexity index is 780. The number of amides is 1. The first kappa shape index (κ1) is 20.1. The first-order valence-electron chi connectivity index (χ1n) is 9.27. The third-order valence-electron chi connectivity index (χ3n) is 4.75. The van der Waals surface area contributed by atoms with Gasteiger partial charge in [0.05, 0.1) is 7.11 Å². The summed E-state index contributed by atoms with van der Waals surface area (Å²) in [7, 11) is 1.40. The van der Waals surface area contributed by atoms with Crippen LogP contribution in [0.5, 0.6) is 11.5 Å². The number of carbonyl (C=O) groups is 1. The standard InChI is InChI=1S/C21H24F2N2O3/c1-27-18-13-15(9-10-17(18)28-21(22)23)14-24-19(16-7-3-2-4-8-16)20(26)25-11-5-6-12-25/h2-4,7-10,13,19,21,24H,5-6,11-12,14H2,1H3/t19-/m0/s1. The summed E-state index contributed by atoms with van der Waals surface area (Å²) >= 11 is 0. The van der Waals surface area contributed by atoms with Crippen LogP contribution in [0.15, 0.2) is 48.5 Å². The average molecular weight is 390 g/mol. The lowest BCUT2D eigenvalue weighted by Crippen LogP contribution is -2.39. The second-order valence-corrected chi connectivity index (χ2v) is 6.62. The number of nitrogens with zero attached hydrogens (tertiary/aromatic N) is 1. The molecule has 1 fully saturated rings. The number of rotatable bonds is 8. The van der Waals surface area contributed by atoms with E-state index in [1.807, 2.05) is 35.2 Å². The van der Waals surface area contributed by atoms with E-state index in [0.29, 0.717) is 6.54 Å². The van der Waals surface area contributed by atoms with Gasteiger partial charge in [0.25, 0.3) is 0 Å². The molecule has 7 heteroatoms. The van der Waals surface area contributed by atoms with Gasteiger partial charge in [-0.3, -0.25) is 10.1 Å². The van der Waals surface area contributed by atoms with Gasteiger partial charge >= 0.3 is 6.61 Å². The third-order valence-corrected chi connectivity index (χ3v) is 4.75. The Morgan fingerprint density at radius 2 is 1.82 bits per heavy atom. The van der Waals surface area contributed by atoms with Crippen molar-refractivity contribution in [1.29, 1.82) is 0 Å². The molecule has 0 bridgehead atoms. The Morgan fingerprint density at radius 1 is 1.11 bits per heavy atom. The summed E-state index contributed by atoms with van der Waals surface area (Å²) in [5, 5.41) is 3.30. The van der Waals surface area contributed by atoms with Gasteiger partial charge in [-0.1, -0.05) is 36.4 Å². The molecular formula is C21H24F2N2O3. The highest BCUT2D eigenvalue weighted by Crippen LogP contribution is 2.30. The molecule has 1 N–H and O–H groups in total. The number of methoxy groups -OCH3 is 1. The Morgan fingerprint density at radius 3 is 2.46 bits per heavy atom. The topological polar surface area (TPSA) is 50.8 Å². The Labute approximate surface area is 163 Å². The lowest BCUT2D eigenvalue weighted by molar-refractivity contribution is -0.132. The fourth-order valence-corrected chi connectivity index (χ4v) is 3.35. The molecule has 28 heavy (non-hydrogen) atoms. The van der Waals surface area contributed by atoms with Crippen molar-refractivity contribution in [2.75, 3.05) is 20.2 Å². The summed E-state index contributed by atoms with van der Waals surface area (Å²) in [6, 6.07) is 13.8. The molecule has 0 aliphatic carbocycles. The predicted molar refractivity (Wildman–Crippen MR) is 101 cm³/mol. The van der Waals surface area contributed by atoms with Crippen molar-refractivity contribution in [3.05, 3.63) is 59.7 Å². The van der Waals surface area contributed by atoms with Crippen molar-refractivity contribution in [2.24, 2.45) is 0 Å². The van der Waals surface area contributed by atoms with Gasteiger partial charge < -0.3 is 14.4 Å². The van der Waals surface area contributed by atoms with E-state index in [1.54, 1.807) is 12.1 Å². The highest BCUT2D eigenvalue weighted by Gasteiger charge is 2.27. The van der Waals surface area contributed by atoms with Crippen LogP contribution in [0.2, 0.25) is 0 Å². The van der Waals surface area contributed by atoms with Gasteiger partial charge in [-0.15, -0.1) is 0 Å².